The van der Waals surface area contributed by atoms with Crippen LogP contribution in [0.25, 0.3) is 0 Å². The number of hydrogen-bond acceptors (Lipinski definition) is 8. The first-order valence-electron chi connectivity index (χ1n) is 27.4. The van der Waals surface area contributed by atoms with E-state index >= 15 is 0 Å². The Labute approximate surface area is 406 Å². The number of nitrogens with zero attached hydrogens (tertiary/aromatic N) is 3. The van der Waals surface area contributed by atoms with Gasteiger partial charge in [-0.3, -0.25) is 0 Å². The van der Waals surface area contributed by atoms with E-state index in [9.17, 15) is 0 Å². The van der Waals surface area contributed by atoms with E-state index in [0.29, 0.717) is 29.8 Å². The molecule has 1 aromatic heterocycles. The predicted octanol–water partition coefficient (Wildman–Crippen LogP) is 13.1. The molecule has 0 radical (unpaired) electrons. The van der Waals surface area contributed by atoms with Gasteiger partial charge in [-0.15, -0.1) is 5.10 Å². The van der Waals surface area contributed by atoms with E-state index in [1.807, 2.05) is 6.07 Å². The molecule has 13 aliphatic rings. The zero-order valence-electron chi connectivity index (χ0n) is 41.0. The number of furan rings is 1. The Morgan fingerprint density at radius 3 is 1.22 bits per heavy atom. The SMILES string of the molecule is CCc1ccc(CNC23CC4CC(CC(C4)C2)C3)cc1.c1cc(C2=NN=NC2)ccc1CNC12CC3CC(CC(C3)C1)C2.c1cc(COc2ccc(CNC34CC5CC(CC(C5)C3)C4)cc2)co1. The molecule has 12 aliphatic carbocycles. The average Bonchev–Trinajstić information content (AvgIpc) is 4.08. The maximum Gasteiger partial charge on any atom is 0.119 e. The Hall–Kier alpha value is -4.11. The summed E-state index contributed by atoms with van der Waals surface area (Å²) in [6.07, 6.45) is 31.0. The lowest BCUT2D eigenvalue weighted by Crippen LogP contribution is -2.58. The summed E-state index contributed by atoms with van der Waals surface area (Å²) in [6, 6.07) is 28.4. The molecule has 3 N–H and O–H groups in total. The Bertz CT molecular complexity index is 2260. The van der Waals surface area contributed by atoms with Crippen molar-refractivity contribution < 1.29 is 9.15 Å². The zero-order valence-corrected chi connectivity index (χ0v) is 41.0. The van der Waals surface area contributed by atoms with Gasteiger partial charge in [0.15, 0.2) is 0 Å². The van der Waals surface area contributed by atoms with Gasteiger partial charge in [0.05, 0.1) is 18.2 Å². The summed E-state index contributed by atoms with van der Waals surface area (Å²) >= 11 is 0. The lowest BCUT2D eigenvalue weighted by molar-refractivity contribution is -0.0207. The molecule has 0 unspecified atom stereocenters. The van der Waals surface area contributed by atoms with Crippen molar-refractivity contribution in [1.29, 1.82) is 0 Å². The van der Waals surface area contributed by atoms with Gasteiger partial charge in [0.1, 0.15) is 18.9 Å². The van der Waals surface area contributed by atoms with E-state index in [1.54, 1.807) is 12.5 Å². The van der Waals surface area contributed by atoms with Crippen LogP contribution >= 0.6 is 0 Å². The predicted molar refractivity (Wildman–Crippen MR) is 271 cm³/mol. The zero-order chi connectivity index (χ0) is 45.5. The lowest BCUT2D eigenvalue weighted by Gasteiger charge is -2.57. The van der Waals surface area contributed by atoms with E-state index in [-0.39, 0.29) is 0 Å². The molecule has 3 aromatic carbocycles. The van der Waals surface area contributed by atoms with E-state index in [4.69, 9.17) is 9.15 Å². The summed E-state index contributed by atoms with van der Waals surface area (Å²) in [5, 5.41) is 23.6. The molecule has 12 bridgehead atoms. The summed E-state index contributed by atoms with van der Waals surface area (Å²) in [5.41, 5.74) is 10.2. The lowest BCUT2D eigenvalue weighted by atomic mass is 9.53. The maximum atomic E-state index is 5.80. The first-order chi connectivity index (χ1) is 33.3. The average molecular weight is 915 g/mol. The van der Waals surface area contributed by atoms with Crippen LogP contribution in [0.1, 0.15) is 156 Å². The first-order valence-corrected chi connectivity index (χ1v) is 27.4. The molecule has 2 heterocycles. The minimum Gasteiger partial charge on any atom is -0.489 e. The van der Waals surface area contributed by atoms with Crippen molar-refractivity contribution >= 4 is 5.71 Å². The van der Waals surface area contributed by atoms with Crippen LogP contribution in [0.5, 0.6) is 5.75 Å². The molecule has 360 valence electrons. The van der Waals surface area contributed by atoms with Crippen molar-refractivity contribution in [2.45, 2.75) is 172 Å². The van der Waals surface area contributed by atoms with Crippen LogP contribution in [0.15, 0.2) is 111 Å². The highest BCUT2D eigenvalue weighted by Crippen LogP contribution is 2.58. The Morgan fingerprint density at radius 2 is 0.868 bits per heavy atom. The Balaban J connectivity index is 0.000000107. The number of nitrogens with one attached hydrogen (secondary N) is 3. The molecule has 17 rings (SSSR count). The summed E-state index contributed by atoms with van der Waals surface area (Å²) in [5.74, 6) is 10.0. The molecule has 8 heteroatoms. The highest BCUT2D eigenvalue weighted by molar-refractivity contribution is 6.02. The van der Waals surface area contributed by atoms with E-state index in [1.165, 1.54) is 138 Å². The number of rotatable bonds is 14. The van der Waals surface area contributed by atoms with Crippen molar-refractivity contribution in [1.82, 2.24) is 16.0 Å². The van der Waals surface area contributed by atoms with Crippen LogP contribution in [-0.4, -0.2) is 28.9 Å². The molecule has 12 saturated carbocycles. The number of hydrogen-bond donors (Lipinski definition) is 3. The van der Waals surface area contributed by atoms with Crippen LogP contribution < -0.4 is 20.7 Å². The quantitative estimate of drug-likeness (QED) is 0.117. The molecule has 0 spiro atoms. The van der Waals surface area contributed by atoms with Gasteiger partial charge in [-0.2, -0.15) is 5.11 Å². The van der Waals surface area contributed by atoms with Crippen LogP contribution in [0, 0.1) is 53.3 Å². The van der Waals surface area contributed by atoms with E-state index < -0.39 is 0 Å². The monoisotopic (exact) mass is 915 g/mol. The number of ether oxygens (including phenoxy) is 1. The van der Waals surface area contributed by atoms with Gasteiger partial charge in [-0.05, 0) is 226 Å². The third-order valence-corrected chi connectivity index (χ3v) is 19.2. The van der Waals surface area contributed by atoms with Gasteiger partial charge in [0.2, 0.25) is 0 Å². The normalized spacial score (nSPS) is 36.0. The summed E-state index contributed by atoms with van der Waals surface area (Å²) in [7, 11) is 0. The highest BCUT2D eigenvalue weighted by atomic mass is 16.5. The molecule has 4 aromatic rings. The largest absolute Gasteiger partial charge is 0.489 e. The molecule has 68 heavy (non-hydrogen) atoms. The van der Waals surface area contributed by atoms with Gasteiger partial charge in [0.25, 0.3) is 0 Å². The Morgan fingerprint density at radius 1 is 0.485 bits per heavy atom. The van der Waals surface area contributed by atoms with Crippen LogP contribution in [-0.2, 0) is 32.7 Å². The molecular formula is C60H78N6O2. The summed E-state index contributed by atoms with van der Waals surface area (Å²) in [6.45, 7) is 6.44. The van der Waals surface area contributed by atoms with Crippen molar-refractivity contribution in [2.75, 3.05) is 6.54 Å². The second-order valence-electron chi connectivity index (χ2n) is 24.5. The molecule has 0 atom stereocenters. The summed E-state index contributed by atoms with van der Waals surface area (Å²) < 4.78 is 10.9. The summed E-state index contributed by atoms with van der Waals surface area (Å²) in [4.78, 5) is 0. The van der Waals surface area contributed by atoms with Gasteiger partial charge >= 0.3 is 0 Å². The number of aryl methyl sites for hydroxylation is 1. The third-order valence-electron chi connectivity index (χ3n) is 19.2. The third kappa shape index (κ3) is 10.2. The highest BCUT2D eigenvalue weighted by Gasteiger charge is 2.53. The minimum absolute atomic E-state index is 0.436. The van der Waals surface area contributed by atoms with Crippen molar-refractivity contribution in [3.8, 4) is 5.75 Å². The van der Waals surface area contributed by atoms with Crippen LogP contribution in [0.3, 0.4) is 0 Å². The Kier molecular flexibility index (Phi) is 12.7. The molecular weight excluding hydrogens is 837 g/mol. The second kappa shape index (κ2) is 19.2. The molecule has 0 amide bonds. The van der Waals surface area contributed by atoms with Crippen molar-refractivity contribution in [3.63, 3.8) is 0 Å². The van der Waals surface area contributed by atoms with Gasteiger partial charge in [0, 0.05) is 41.8 Å². The topological polar surface area (TPSA) is 95.5 Å². The molecule has 8 nitrogen and oxygen atoms in total. The molecule has 1 aliphatic heterocycles. The number of benzene rings is 3. The molecule has 0 saturated heterocycles. The molecule has 12 fully saturated rings. The van der Waals surface area contributed by atoms with Crippen LogP contribution in [0.2, 0.25) is 0 Å². The van der Waals surface area contributed by atoms with Crippen LogP contribution in [0.4, 0.5) is 0 Å². The van der Waals surface area contributed by atoms with Crippen molar-refractivity contribution in [3.05, 3.63) is 125 Å². The maximum absolute atomic E-state index is 5.80. The fourth-order valence-corrected chi connectivity index (χ4v) is 17.2. The van der Waals surface area contributed by atoms with Gasteiger partial charge in [-0.1, -0.05) is 67.6 Å². The van der Waals surface area contributed by atoms with Crippen molar-refractivity contribution in [2.24, 2.45) is 68.7 Å². The van der Waals surface area contributed by atoms with E-state index in [0.717, 1.165) is 102 Å². The second-order valence-corrected chi connectivity index (χ2v) is 24.5. The van der Waals surface area contributed by atoms with Gasteiger partial charge < -0.3 is 25.1 Å². The fraction of sp³-hybridized carbons (Fsp3) is 0.617. The minimum atomic E-state index is 0.436. The fourth-order valence-electron chi connectivity index (χ4n) is 17.2. The van der Waals surface area contributed by atoms with Gasteiger partial charge in [-0.25, -0.2) is 0 Å². The van der Waals surface area contributed by atoms with E-state index in [2.05, 4.69) is 111 Å². The first kappa shape index (κ1) is 45.1. The standard InChI is InChI=1S/C22H27NO2.C19H24N4.C19H27N/c1-3-21(25-15-17-5-6-24-14-17)4-2-16(1)13-23-22-10-18-7-19(11-22)9-20(8-18)12-22;1-3-17(18-12-21-23-22-18)4-2-13(1)11-20-19-8-14-5-15(9-19)7-16(6-14)10-19;1-2-14-3-5-15(6-4-14)13-20-19-10-16-7-17(11-19)9-18(8-16)12-19/h1-6,14,18-20,23H,7-13,15H2;1-4,14-16,20H,5-12H2;3-6,16-18,20H,2,7-13H2,1H3. The smallest absolute Gasteiger partial charge is 0.119 e.